The molecule has 1 amide bonds. The van der Waals surface area contributed by atoms with Gasteiger partial charge in [-0.1, -0.05) is 11.6 Å². The zero-order chi connectivity index (χ0) is 22.9. The Morgan fingerprint density at radius 2 is 1.97 bits per heavy atom. The number of nitrogens with zero attached hydrogens (tertiary/aromatic N) is 5. The number of rotatable bonds is 4. The van der Waals surface area contributed by atoms with Gasteiger partial charge in [0.2, 0.25) is 0 Å². The Morgan fingerprint density at radius 3 is 2.72 bits per heavy atom. The average molecular weight is 472 g/mol. The fourth-order valence-electron chi connectivity index (χ4n) is 3.51. The molecule has 4 rings (SSSR count). The highest BCUT2D eigenvalue weighted by Gasteiger charge is 2.30. The molecule has 1 aliphatic heterocycles. The third kappa shape index (κ3) is 4.99. The van der Waals surface area contributed by atoms with Crippen molar-refractivity contribution in [1.29, 1.82) is 0 Å². The Morgan fingerprint density at radius 1 is 1.16 bits per heavy atom. The van der Waals surface area contributed by atoms with Crippen LogP contribution < -0.4 is 0 Å². The number of carbonyl (C=O) groups excluding carboxylic acids is 1. The second-order valence-electron chi connectivity index (χ2n) is 7.33. The van der Waals surface area contributed by atoms with Crippen LogP contribution in [0, 0.1) is 5.82 Å². The van der Waals surface area contributed by atoms with Gasteiger partial charge in [0.05, 0.1) is 29.0 Å². The van der Waals surface area contributed by atoms with Gasteiger partial charge in [0.25, 0.3) is 5.91 Å². The van der Waals surface area contributed by atoms with E-state index in [2.05, 4.69) is 15.1 Å². The van der Waals surface area contributed by atoms with Gasteiger partial charge in [-0.15, -0.1) is 0 Å². The van der Waals surface area contributed by atoms with E-state index < -0.39 is 18.5 Å². The van der Waals surface area contributed by atoms with Crippen molar-refractivity contribution in [2.45, 2.75) is 25.6 Å². The van der Waals surface area contributed by atoms with Crippen molar-refractivity contribution in [3.8, 4) is 0 Å². The lowest BCUT2D eigenvalue weighted by Gasteiger charge is -2.19. The average Bonchev–Trinajstić information content (AvgIpc) is 2.91. The summed E-state index contributed by atoms with van der Waals surface area (Å²) in [5.74, 6) is -1.09. The molecule has 170 valence electrons. The quantitative estimate of drug-likeness (QED) is 0.543. The Bertz CT molecular complexity index is 1140. The number of aromatic nitrogens is 4. The Labute approximate surface area is 184 Å². The summed E-state index contributed by atoms with van der Waals surface area (Å²) in [7, 11) is 0. The number of pyridine rings is 2. The van der Waals surface area contributed by atoms with Crippen molar-refractivity contribution in [3.63, 3.8) is 0 Å². The number of hydrogen-bond donors (Lipinski definition) is 0. The molecule has 3 aromatic heterocycles. The molecule has 0 unspecified atom stereocenters. The minimum atomic E-state index is -4.52. The van der Waals surface area contributed by atoms with Crippen molar-refractivity contribution in [3.05, 3.63) is 52.4 Å². The maximum Gasteiger partial charge on any atom is 0.408 e. The largest absolute Gasteiger partial charge is 0.408 e. The summed E-state index contributed by atoms with van der Waals surface area (Å²) < 4.78 is 59.0. The lowest BCUT2D eigenvalue weighted by molar-refractivity contribution is -0.141. The van der Waals surface area contributed by atoms with Crippen LogP contribution in [0.15, 0.2) is 24.5 Å². The molecule has 0 aromatic carbocycles. The molecule has 0 saturated carbocycles. The first kappa shape index (κ1) is 22.4. The lowest BCUT2D eigenvalue weighted by Crippen LogP contribution is -2.33. The van der Waals surface area contributed by atoms with Crippen LogP contribution in [0.5, 0.6) is 0 Å². The highest BCUT2D eigenvalue weighted by atomic mass is 35.5. The van der Waals surface area contributed by atoms with Crippen molar-refractivity contribution < 1.29 is 27.1 Å². The maximum atomic E-state index is 13.4. The van der Waals surface area contributed by atoms with Crippen molar-refractivity contribution in [2.75, 3.05) is 26.3 Å². The Hall–Kier alpha value is -2.79. The van der Waals surface area contributed by atoms with E-state index in [-0.39, 0.29) is 34.3 Å². The predicted molar refractivity (Wildman–Crippen MR) is 107 cm³/mol. The molecule has 0 aliphatic carbocycles. The zero-order valence-corrected chi connectivity index (χ0v) is 17.5. The monoisotopic (exact) mass is 471 g/mol. The third-order valence-electron chi connectivity index (χ3n) is 4.98. The SMILES string of the molecule is O=C(c1cc2c(cn1)c(Cc1cc(Cl)c(F)cn1)nn2CC(F)(F)F)N1CCCOCC1. The van der Waals surface area contributed by atoms with Crippen LogP contribution in [0.4, 0.5) is 17.6 Å². The molecule has 1 saturated heterocycles. The van der Waals surface area contributed by atoms with Crippen LogP contribution in [0.2, 0.25) is 5.02 Å². The minimum Gasteiger partial charge on any atom is -0.380 e. The zero-order valence-electron chi connectivity index (χ0n) is 16.7. The molecule has 32 heavy (non-hydrogen) atoms. The van der Waals surface area contributed by atoms with Crippen LogP contribution >= 0.6 is 11.6 Å². The van der Waals surface area contributed by atoms with Gasteiger partial charge in [-0.05, 0) is 18.6 Å². The van der Waals surface area contributed by atoms with E-state index in [0.29, 0.717) is 43.8 Å². The number of halogens is 5. The van der Waals surface area contributed by atoms with Gasteiger partial charge in [0.15, 0.2) is 5.82 Å². The highest BCUT2D eigenvalue weighted by Crippen LogP contribution is 2.26. The number of carbonyl (C=O) groups is 1. The smallest absolute Gasteiger partial charge is 0.380 e. The molecule has 0 spiro atoms. The van der Waals surface area contributed by atoms with Gasteiger partial charge in [0, 0.05) is 43.4 Å². The minimum absolute atomic E-state index is 0.0137. The van der Waals surface area contributed by atoms with E-state index in [1.54, 1.807) is 4.90 Å². The first-order valence-electron chi connectivity index (χ1n) is 9.80. The second-order valence-corrected chi connectivity index (χ2v) is 7.74. The molecular formula is C20H18ClF4N5O2. The predicted octanol–water partition coefficient (Wildman–Crippen LogP) is 3.63. The highest BCUT2D eigenvalue weighted by molar-refractivity contribution is 6.30. The van der Waals surface area contributed by atoms with Gasteiger partial charge in [-0.2, -0.15) is 18.3 Å². The van der Waals surface area contributed by atoms with Crippen molar-refractivity contribution in [2.24, 2.45) is 0 Å². The van der Waals surface area contributed by atoms with E-state index >= 15 is 0 Å². The molecule has 1 fully saturated rings. The molecule has 0 N–H and O–H groups in total. The van der Waals surface area contributed by atoms with E-state index in [0.717, 1.165) is 10.9 Å². The van der Waals surface area contributed by atoms with Gasteiger partial charge >= 0.3 is 6.18 Å². The Balaban J connectivity index is 1.72. The van der Waals surface area contributed by atoms with Crippen molar-refractivity contribution in [1.82, 2.24) is 24.6 Å². The normalized spacial score (nSPS) is 15.2. The first-order chi connectivity index (χ1) is 15.2. The summed E-state index contributed by atoms with van der Waals surface area (Å²) in [5.41, 5.74) is 0.737. The molecule has 4 heterocycles. The molecule has 3 aromatic rings. The van der Waals surface area contributed by atoms with Crippen LogP contribution in [-0.2, 0) is 17.7 Å². The van der Waals surface area contributed by atoms with Gasteiger partial charge < -0.3 is 9.64 Å². The summed E-state index contributed by atoms with van der Waals surface area (Å²) >= 11 is 5.78. The van der Waals surface area contributed by atoms with Gasteiger partial charge in [-0.3, -0.25) is 19.4 Å². The molecule has 12 heteroatoms. The van der Waals surface area contributed by atoms with Crippen LogP contribution in [-0.4, -0.2) is 63.0 Å². The fraction of sp³-hybridized carbons (Fsp3) is 0.400. The number of fused-ring (bicyclic) bond motifs is 1. The van der Waals surface area contributed by atoms with E-state index in [1.807, 2.05) is 0 Å². The number of amides is 1. The standard InChI is InChI=1S/C20H18ClF4N5O2/c21-14-6-12(26-10-15(14)22)7-16-13-9-27-17(19(31)29-2-1-4-32-5-3-29)8-18(13)30(28-16)11-20(23,24)25/h6,8-10H,1-5,7,11H2. The number of alkyl halides is 3. The van der Waals surface area contributed by atoms with E-state index in [1.165, 1.54) is 18.3 Å². The molecule has 0 radical (unpaired) electrons. The fourth-order valence-corrected chi connectivity index (χ4v) is 3.68. The number of ether oxygens (including phenoxy) is 1. The van der Waals surface area contributed by atoms with Gasteiger partial charge in [0.1, 0.15) is 12.2 Å². The Kier molecular flexibility index (Phi) is 6.29. The van der Waals surface area contributed by atoms with Crippen molar-refractivity contribution >= 4 is 28.4 Å². The summed E-state index contributed by atoms with van der Waals surface area (Å²) in [6, 6.07) is 2.61. The summed E-state index contributed by atoms with van der Waals surface area (Å²) in [5, 5.41) is 4.27. The van der Waals surface area contributed by atoms with Crippen LogP contribution in [0.3, 0.4) is 0 Å². The van der Waals surface area contributed by atoms with E-state index in [9.17, 15) is 22.4 Å². The van der Waals surface area contributed by atoms with Crippen LogP contribution in [0.1, 0.15) is 28.3 Å². The third-order valence-corrected chi connectivity index (χ3v) is 5.27. The maximum absolute atomic E-state index is 13.4. The topological polar surface area (TPSA) is 73.1 Å². The molecule has 1 aliphatic rings. The summed E-state index contributed by atoms with van der Waals surface area (Å²) in [4.78, 5) is 22.5. The summed E-state index contributed by atoms with van der Waals surface area (Å²) in [6.07, 6.45) is -1.58. The number of hydrogen-bond acceptors (Lipinski definition) is 5. The molecule has 0 atom stereocenters. The second kappa shape index (κ2) is 8.99. The van der Waals surface area contributed by atoms with Gasteiger partial charge in [-0.25, -0.2) is 4.39 Å². The first-order valence-corrected chi connectivity index (χ1v) is 10.2. The molecule has 7 nitrogen and oxygen atoms in total. The van der Waals surface area contributed by atoms with E-state index in [4.69, 9.17) is 16.3 Å². The molecule has 0 bridgehead atoms. The van der Waals surface area contributed by atoms with Crippen LogP contribution in [0.25, 0.3) is 10.9 Å². The summed E-state index contributed by atoms with van der Waals surface area (Å²) in [6.45, 7) is 0.443. The molecular weight excluding hydrogens is 454 g/mol. The lowest BCUT2D eigenvalue weighted by atomic mass is 10.1.